The van der Waals surface area contributed by atoms with E-state index in [2.05, 4.69) is 20.5 Å². The van der Waals surface area contributed by atoms with Crippen LogP contribution in [0.4, 0.5) is 5.69 Å². The highest BCUT2D eigenvalue weighted by Crippen LogP contribution is 2.16. The summed E-state index contributed by atoms with van der Waals surface area (Å²) < 4.78 is 0. The molecule has 0 saturated heterocycles. The van der Waals surface area contributed by atoms with Gasteiger partial charge in [0.1, 0.15) is 0 Å². The molecule has 2 rings (SSSR count). The molecule has 1 amide bonds. The lowest BCUT2D eigenvalue weighted by Gasteiger charge is -2.07. The zero-order valence-corrected chi connectivity index (χ0v) is 10.4. The number of rotatable bonds is 3. The summed E-state index contributed by atoms with van der Waals surface area (Å²) in [6, 6.07) is 3.04. The van der Waals surface area contributed by atoms with Crippen molar-refractivity contribution in [3.63, 3.8) is 0 Å². The van der Waals surface area contributed by atoms with Gasteiger partial charge in [0.2, 0.25) is 0 Å². The second-order valence-electron chi connectivity index (χ2n) is 3.97. The molecule has 0 aromatic carbocycles. The molecule has 3 N–H and O–H groups in total. The number of aromatic amines is 1. The van der Waals surface area contributed by atoms with Gasteiger partial charge in [-0.3, -0.25) is 9.89 Å². The lowest BCUT2D eigenvalue weighted by atomic mass is 10.2. The Kier molecular flexibility index (Phi) is 3.28. The number of aryl methyl sites for hydroxylation is 2. The third kappa shape index (κ3) is 2.44. The predicted molar refractivity (Wildman–Crippen MR) is 67.2 cm³/mol. The van der Waals surface area contributed by atoms with Crippen LogP contribution < -0.4 is 5.32 Å². The van der Waals surface area contributed by atoms with Crippen LogP contribution in [-0.2, 0) is 0 Å². The molecule has 98 valence electrons. The van der Waals surface area contributed by atoms with Crippen molar-refractivity contribution >= 4 is 17.6 Å². The number of anilines is 1. The zero-order valence-electron chi connectivity index (χ0n) is 10.4. The molecule has 0 fully saturated rings. The van der Waals surface area contributed by atoms with Crippen LogP contribution in [0, 0.1) is 13.8 Å². The van der Waals surface area contributed by atoms with Gasteiger partial charge in [0, 0.05) is 11.9 Å². The molecule has 0 aliphatic rings. The Morgan fingerprint density at radius 3 is 2.68 bits per heavy atom. The van der Waals surface area contributed by atoms with Crippen LogP contribution in [0.3, 0.4) is 0 Å². The number of nitrogens with zero attached hydrogens (tertiary/aromatic N) is 2. The van der Waals surface area contributed by atoms with E-state index in [9.17, 15) is 9.59 Å². The van der Waals surface area contributed by atoms with E-state index in [1.807, 2.05) is 0 Å². The fourth-order valence-electron chi connectivity index (χ4n) is 1.75. The molecule has 0 spiro atoms. The highest BCUT2D eigenvalue weighted by Gasteiger charge is 2.18. The number of nitrogens with one attached hydrogen (secondary N) is 2. The number of hydrogen-bond acceptors (Lipinski definition) is 4. The van der Waals surface area contributed by atoms with Gasteiger partial charge in [-0.1, -0.05) is 0 Å². The summed E-state index contributed by atoms with van der Waals surface area (Å²) in [6.07, 6.45) is 1.35. The molecular formula is C12H12N4O3. The Hall–Kier alpha value is -2.70. The molecule has 2 heterocycles. The second kappa shape index (κ2) is 4.89. The third-order valence-electron chi connectivity index (χ3n) is 2.61. The molecule has 0 unspecified atom stereocenters. The Labute approximate surface area is 108 Å². The highest BCUT2D eigenvalue weighted by molar-refractivity contribution is 6.08. The van der Waals surface area contributed by atoms with Crippen molar-refractivity contribution in [2.24, 2.45) is 0 Å². The van der Waals surface area contributed by atoms with Crippen LogP contribution in [0.2, 0.25) is 0 Å². The first kappa shape index (κ1) is 12.7. The summed E-state index contributed by atoms with van der Waals surface area (Å²) in [6.45, 7) is 3.41. The van der Waals surface area contributed by atoms with Crippen molar-refractivity contribution < 1.29 is 14.7 Å². The van der Waals surface area contributed by atoms with Crippen molar-refractivity contribution in [2.75, 3.05) is 5.32 Å². The fraction of sp³-hybridized carbons (Fsp3) is 0.167. The minimum Gasteiger partial charge on any atom is -0.476 e. The van der Waals surface area contributed by atoms with Crippen LogP contribution in [0.25, 0.3) is 0 Å². The molecule has 0 aliphatic carbocycles. The molecule has 2 aromatic heterocycles. The van der Waals surface area contributed by atoms with E-state index in [0.717, 1.165) is 0 Å². The van der Waals surface area contributed by atoms with Crippen molar-refractivity contribution in [2.45, 2.75) is 13.8 Å². The van der Waals surface area contributed by atoms with Gasteiger partial charge < -0.3 is 10.4 Å². The van der Waals surface area contributed by atoms with Crippen LogP contribution >= 0.6 is 0 Å². The van der Waals surface area contributed by atoms with Gasteiger partial charge in [-0.2, -0.15) is 5.10 Å². The van der Waals surface area contributed by atoms with Crippen LogP contribution in [0.5, 0.6) is 0 Å². The number of carbonyl (C=O) groups is 2. The van der Waals surface area contributed by atoms with E-state index in [1.165, 1.54) is 12.3 Å². The minimum absolute atomic E-state index is 0.153. The molecule has 0 atom stereocenters. The van der Waals surface area contributed by atoms with Crippen molar-refractivity contribution in [3.05, 3.63) is 41.0 Å². The fourth-order valence-corrected chi connectivity index (χ4v) is 1.75. The first-order chi connectivity index (χ1) is 9.00. The van der Waals surface area contributed by atoms with Gasteiger partial charge in [0.05, 0.1) is 16.9 Å². The average molecular weight is 260 g/mol. The first-order valence-corrected chi connectivity index (χ1v) is 5.52. The minimum atomic E-state index is -1.20. The van der Waals surface area contributed by atoms with Crippen molar-refractivity contribution in [3.8, 4) is 0 Å². The van der Waals surface area contributed by atoms with Gasteiger partial charge in [-0.25, -0.2) is 9.78 Å². The lowest BCUT2D eigenvalue weighted by Crippen LogP contribution is -2.17. The number of hydrogen-bond donors (Lipinski definition) is 3. The van der Waals surface area contributed by atoms with Crippen LogP contribution in [0.1, 0.15) is 32.2 Å². The largest absolute Gasteiger partial charge is 0.476 e. The standard InChI is InChI=1S/C12H12N4O3/c1-6-9(7(2)16-15-6)11(17)14-8-4-3-5-13-10(8)12(18)19/h3-5H,1-2H3,(H,14,17)(H,15,16)(H,18,19). The van der Waals surface area contributed by atoms with Crippen molar-refractivity contribution in [1.82, 2.24) is 15.2 Å². The van der Waals surface area contributed by atoms with Crippen LogP contribution in [-0.4, -0.2) is 32.2 Å². The van der Waals surface area contributed by atoms with Gasteiger partial charge in [0.15, 0.2) is 5.69 Å². The maximum Gasteiger partial charge on any atom is 0.356 e. The maximum absolute atomic E-state index is 12.1. The average Bonchev–Trinajstić information content (AvgIpc) is 2.69. The number of carboxylic acids is 1. The highest BCUT2D eigenvalue weighted by atomic mass is 16.4. The molecular weight excluding hydrogens is 248 g/mol. The number of pyridine rings is 1. The summed E-state index contributed by atoms with van der Waals surface area (Å²) >= 11 is 0. The van der Waals surface area contributed by atoms with E-state index in [1.54, 1.807) is 19.9 Å². The molecule has 19 heavy (non-hydrogen) atoms. The molecule has 7 nitrogen and oxygen atoms in total. The first-order valence-electron chi connectivity index (χ1n) is 5.52. The van der Waals surface area contributed by atoms with E-state index in [-0.39, 0.29) is 11.4 Å². The molecule has 0 bridgehead atoms. The monoisotopic (exact) mass is 260 g/mol. The molecule has 0 saturated carbocycles. The van der Waals surface area contributed by atoms with E-state index < -0.39 is 11.9 Å². The Morgan fingerprint density at radius 1 is 1.37 bits per heavy atom. The van der Waals surface area contributed by atoms with Gasteiger partial charge in [0.25, 0.3) is 5.91 Å². The van der Waals surface area contributed by atoms with E-state index in [4.69, 9.17) is 5.11 Å². The lowest BCUT2D eigenvalue weighted by molar-refractivity contribution is 0.0692. The smallest absolute Gasteiger partial charge is 0.356 e. The van der Waals surface area contributed by atoms with Gasteiger partial charge >= 0.3 is 5.97 Å². The van der Waals surface area contributed by atoms with Gasteiger partial charge in [-0.05, 0) is 26.0 Å². The predicted octanol–water partition coefficient (Wildman–Crippen LogP) is 1.37. The zero-order chi connectivity index (χ0) is 14.0. The molecule has 7 heteroatoms. The number of carbonyl (C=O) groups excluding carboxylic acids is 1. The van der Waals surface area contributed by atoms with E-state index >= 15 is 0 Å². The van der Waals surface area contributed by atoms with Crippen LogP contribution in [0.15, 0.2) is 18.3 Å². The van der Waals surface area contributed by atoms with E-state index in [0.29, 0.717) is 17.0 Å². The molecule has 2 aromatic rings. The Bertz CT molecular complexity index is 629. The third-order valence-corrected chi connectivity index (χ3v) is 2.61. The molecule has 0 aliphatic heterocycles. The SMILES string of the molecule is Cc1n[nH]c(C)c1C(=O)Nc1cccnc1C(=O)O. The Morgan fingerprint density at radius 2 is 2.11 bits per heavy atom. The summed E-state index contributed by atoms with van der Waals surface area (Å²) in [7, 11) is 0. The summed E-state index contributed by atoms with van der Waals surface area (Å²) in [5.74, 6) is -1.62. The summed E-state index contributed by atoms with van der Waals surface area (Å²) in [5, 5.41) is 18.1. The van der Waals surface area contributed by atoms with Crippen molar-refractivity contribution in [1.29, 1.82) is 0 Å². The quantitative estimate of drug-likeness (QED) is 0.772. The number of H-pyrrole nitrogens is 1. The number of amides is 1. The second-order valence-corrected chi connectivity index (χ2v) is 3.97. The normalized spacial score (nSPS) is 10.2. The number of aromatic carboxylic acids is 1. The number of aromatic nitrogens is 3. The topological polar surface area (TPSA) is 108 Å². The maximum atomic E-state index is 12.1. The number of carboxylic acid groups (broad SMARTS) is 1. The summed E-state index contributed by atoms with van der Waals surface area (Å²) in [5.41, 5.74) is 1.53. The molecule has 0 radical (unpaired) electrons. The summed E-state index contributed by atoms with van der Waals surface area (Å²) in [4.78, 5) is 26.8. The Balaban J connectivity index is 2.32. The van der Waals surface area contributed by atoms with Gasteiger partial charge in [-0.15, -0.1) is 0 Å².